The molecule has 1 N–H and O–H groups in total. The van der Waals surface area contributed by atoms with Gasteiger partial charge in [-0.15, -0.1) is 0 Å². The Hall–Kier alpha value is -3.72. The van der Waals surface area contributed by atoms with E-state index in [0.29, 0.717) is 34.8 Å². The predicted octanol–water partition coefficient (Wildman–Crippen LogP) is 2.71. The van der Waals surface area contributed by atoms with Gasteiger partial charge >= 0.3 is 0 Å². The van der Waals surface area contributed by atoms with Gasteiger partial charge < -0.3 is 14.5 Å². The van der Waals surface area contributed by atoms with Gasteiger partial charge in [-0.25, -0.2) is 14.6 Å². The molecule has 9 heteroatoms. The molecule has 0 saturated carbocycles. The number of hydrogen-bond donors (Lipinski definition) is 1. The van der Waals surface area contributed by atoms with Crippen LogP contribution in [-0.2, 0) is 6.54 Å². The van der Waals surface area contributed by atoms with E-state index >= 15 is 0 Å². The second kappa shape index (κ2) is 8.57. The van der Waals surface area contributed by atoms with E-state index in [0.717, 1.165) is 11.3 Å². The molecule has 0 fully saturated rings. The Bertz CT molecular complexity index is 1230. The maximum Gasteiger partial charge on any atom is 0.258 e. The van der Waals surface area contributed by atoms with Crippen molar-refractivity contribution in [3.05, 3.63) is 70.8 Å². The number of H-pyrrole nitrogens is 1. The average molecular weight is 420 g/mol. The van der Waals surface area contributed by atoms with Gasteiger partial charge in [-0.3, -0.25) is 9.69 Å². The van der Waals surface area contributed by atoms with Gasteiger partial charge in [-0.2, -0.15) is 5.10 Å². The van der Waals surface area contributed by atoms with E-state index in [-0.39, 0.29) is 11.6 Å². The van der Waals surface area contributed by atoms with E-state index in [1.807, 2.05) is 19.2 Å². The van der Waals surface area contributed by atoms with Crippen molar-refractivity contribution in [1.82, 2.24) is 29.6 Å². The maximum atomic E-state index is 12.6. The second-order valence-corrected chi connectivity index (χ2v) is 7.26. The summed E-state index contributed by atoms with van der Waals surface area (Å²) in [5.74, 6) is 1.61. The summed E-state index contributed by atoms with van der Waals surface area (Å²) in [7, 11) is 5.09. The molecule has 31 heavy (non-hydrogen) atoms. The maximum absolute atomic E-state index is 12.6. The Balaban J connectivity index is 1.56. The van der Waals surface area contributed by atoms with Crippen molar-refractivity contribution in [3.63, 3.8) is 0 Å². The molecule has 0 radical (unpaired) electrons. The van der Waals surface area contributed by atoms with E-state index in [4.69, 9.17) is 9.47 Å². The first-order valence-corrected chi connectivity index (χ1v) is 9.80. The highest BCUT2D eigenvalue weighted by Gasteiger charge is 2.16. The highest BCUT2D eigenvalue weighted by Crippen LogP contribution is 2.30. The first kappa shape index (κ1) is 20.5. The molecule has 0 bridgehead atoms. The molecular weight excluding hydrogens is 396 g/mol. The number of benzene rings is 2. The third-order valence-electron chi connectivity index (χ3n) is 5.38. The minimum Gasteiger partial charge on any atom is -0.493 e. The number of aromatic nitrogens is 5. The number of ether oxygens (including phenoxy) is 2. The van der Waals surface area contributed by atoms with Crippen LogP contribution in [0.25, 0.3) is 16.6 Å². The van der Waals surface area contributed by atoms with E-state index < -0.39 is 0 Å². The lowest BCUT2D eigenvalue weighted by Gasteiger charge is -2.24. The lowest BCUT2D eigenvalue weighted by Crippen LogP contribution is -2.25. The lowest BCUT2D eigenvalue weighted by molar-refractivity contribution is 0.247. The molecule has 9 nitrogen and oxygen atoms in total. The van der Waals surface area contributed by atoms with Crippen LogP contribution in [0.3, 0.4) is 0 Å². The van der Waals surface area contributed by atoms with Gasteiger partial charge in [0.25, 0.3) is 5.56 Å². The van der Waals surface area contributed by atoms with Gasteiger partial charge in [0.15, 0.2) is 11.5 Å². The molecule has 0 aliphatic heterocycles. The first-order chi connectivity index (χ1) is 15.0. The Labute approximate surface area is 179 Å². The summed E-state index contributed by atoms with van der Waals surface area (Å²) in [5, 5.41) is 4.60. The summed E-state index contributed by atoms with van der Waals surface area (Å²) in [6, 6.07) is 11.6. The fraction of sp³-hybridized carbons (Fsp3) is 0.273. The molecule has 0 unspecified atom stereocenters. The number of rotatable bonds is 7. The topological polar surface area (TPSA) is 98.2 Å². The summed E-state index contributed by atoms with van der Waals surface area (Å²) < 4.78 is 12.3. The van der Waals surface area contributed by atoms with Gasteiger partial charge in [-0.1, -0.05) is 12.1 Å². The van der Waals surface area contributed by atoms with Crippen LogP contribution in [0, 0.1) is 0 Å². The van der Waals surface area contributed by atoms with Gasteiger partial charge in [0, 0.05) is 12.1 Å². The van der Waals surface area contributed by atoms with E-state index in [1.165, 1.54) is 13.4 Å². The molecule has 0 saturated heterocycles. The van der Waals surface area contributed by atoms with Crippen molar-refractivity contribution in [2.24, 2.45) is 0 Å². The number of nitrogens with zero attached hydrogens (tertiary/aromatic N) is 5. The minimum atomic E-state index is -0.209. The summed E-state index contributed by atoms with van der Waals surface area (Å²) in [6.45, 7) is 2.59. The van der Waals surface area contributed by atoms with Crippen LogP contribution in [0.2, 0.25) is 0 Å². The molecule has 0 aliphatic rings. The lowest BCUT2D eigenvalue weighted by atomic mass is 10.1. The predicted molar refractivity (Wildman–Crippen MR) is 117 cm³/mol. The fourth-order valence-electron chi connectivity index (χ4n) is 3.46. The molecule has 4 rings (SSSR count). The third-order valence-corrected chi connectivity index (χ3v) is 5.38. The number of nitrogens with one attached hydrogen (secondary N) is 1. The third kappa shape index (κ3) is 4.13. The van der Waals surface area contributed by atoms with Crippen molar-refractivity contribution in [2.45, 2.75) is 19.5 Å². The van der Waals surface area contributed by atoms with Crippen molar-refractivity contribution in [3.8, 4) is 17.2 Å². The molecule has 2 aromatic heterocycles. The molecule has 2 heterocycles. The van der Waals surface area contributed by atoms with Crippen molar-refractivity contribution < 1.29 is 9.47 Å². The molecule has 2 aromatic carbocycles. The smallest absolute Gasteiger partial charge is 0.258 e. The SMILES string of the molecule is COc1cc2nc(CN(C)[C@H](C)c3ccc(-n4cncn4)cc3)[nH]c(=O)c2cc1OC. The Kier molecular flexibility index (Phi) is 5.68. The van der Waals surface area contributed by atoms with Crippen LogP contribution in [0.1, 0.15) is 24.4 Å². The number of fused-ring (bicyclic) bond motifs is 1. The number of hydrogen-bond acceptors (Lipinski definition) is 7. The second-order valence-electron chi connectivity index (χ2n) is 7.26. The van der Waals surface area contributed by atoms with E-state index in [1.54, 1.807) is 30.3 Å². The highest BCUT2D eigenvalue weighted by molar-refractivity contribution is 5.81. The number of aromatic amines is 1. The summed E-state index contributed by atoms with van der Waals surface area (Å²) >= 11 is 0. The largest absolute Gasteiger partial charge is 0.493 e. The Morgan fingerprint density at radius 1 is 1.13 bits per heavy atom. The zero-order chi connectivity index (χ0) is 22.0. The Morgan fingerprint density at radius 3 is 2.48 bits per heavy atom. The zero-order valence-corrected chi connectivity index (χ0v) is 17.9. The van der Waals surface area contributed by atoms with Crippen molar-refractivity contribution in [2.75, 3.05) is 21.3 Å². The van der Waals surface area contributed by atoms with Gasteiger partial charge in [0.2, 0.25) is 0 Å². The first-order valence-electron chi connectivity index (χ1n) is 9.80. The van der Waals surface area contributed by atoms with Gasteiger partial charge in [-0.05, 0) is 37.7 Å². The average Bonchev–Trinajstić information content (AvgIpc) is 3.33. The van der Waals surface area contributed by atoms with Crippen LogP contribution < -0.4 is 15.0 Å². The summed E-state index contributed by atoms with van der Waals surface area (Å²) in [6.07, 6.45) is 3.17. The molecule has 0 aliphatic carbocycles. The zero-order valence-electron chi connectivity index (χ0n) is 17.9. The molecule has 0 spiro atoms. The van der Waals surface area contributed by atoms with E-state index in [9.17, 15) is 4.79 Å². The van der Waals surface area contributed by atoms with Crippen molar-refractivity contribution in [1.29, 1.82) is 0 Å². The van der Waals surface area contributed by atoms with Crippen LogP contribution in [0.4, 0.5) is 0 Å². The van der Waals surface area contributed by atoms with E-state index in [2.05, 4.69) is 44.0 Å². The van der Waals surface area contributed by atoms with Crippen molar-refractivity contribution >= 4 is 10.9 Å². The standard InChI is InChI=1S/C22H24N6O3/c1-14(15-5-7-16(8-6-15)28-13-23-12-24-28)27(2)11-21-25-18-10-20(31-4)19(30-3)9-17(18)22(29)26-21/h5-10,12-14H,11H2,1-4H3,(H,25,26,29)/t14-/m1/s1. The molecule has 1 atom stereocenters. The normalized spacial score (nSPS) is 12.3. The van der Waals surface area contributed by atoms with Gasteiger partial charge in [0.05, 0.1) is 37.4 Å². The van der Waals surface area contributed by atoms with Crippen LogP contribution in [0.5, 0.6) is 11.5 Å². The minimum absolute atomic E-state index is 0.108. The van der Waals surface area contributed by atoms with Gasteiger partial charge in [0.1, 0.15) is 18.5 Å². The summed E-state index contributed by atoms with van der Waals surface area (Å²) in [4.78, 5) is 26.2. The number of methoxy groups -OCH3 is 2. The molecule has 160 valence electrons. The molecular formula is C22H24N6O3. The monoisotopic (exact) mass is 420 g/mol. The van der Waals surface area contributed by atoms with Crippen LogP contribution in [0.15, 0.2) is 53.8 Å². The fourth-order valence-corrected chi connectivity index (χ4v) is 3.46. The summed E-state index contributed by atoms with van der Waals surface area (Å²) in [5.41, 5.74) is 2.44. The quantitative estimate of drug-likeness (QED) is 0.491. The molecule has 4 aromatic rings. The highest BCUT2D eigenvalue weighted by atomic mass is 16.5. The molecule has 0 amide bonds. The Morgan fingerprint density at radius 2 is 1.84 bits per heavy atom. The van der Waals surface area contributed by atoms with Crippen LogP contribution in [-0.4, -0.2) is 50.9 Å². The van der Waals surface area contributed by atoms with Crippen LogP contribution >= 0.6 is 0 Å².